The Morgan fingerprint density at radius 2 is 1.90 bits per heavy atom. The largest absolute Gasteiger partial charge is 0.439 e. The second-order valence-corrected chi connectivity index (χ2v) is 7.47. The minimum atomic E-state index is 0.0167. The van der Waals surface area contributed by atoms with Gasteiger partial charge in [0, 0.05) is 25.1 Å². The molecule has 1 fully saturated rings. The Kier molecular flexibility index (Phi) is 6.44. The molecule has 2 aromatic carbocycles. The second-order valence-electron chi connectivity index (χ2n) is 7.47. The van der Waals surface area contributed by atoms with E-state index < -0.39 is 0 Å². The van der Waals surface area contributed by atoms with E-state index in [1.165, 1.54) is 0 Å². The van der Waals surface area contributed by atoms with Gasteiger partial charge in [-0.15, -0.1) is 0 Å². The van der Waals surface area contributed by atoms with Crippen molar-refractivity contribution in [2.24, 2.45) is 0 Å². The Bertz CT molecular complexity index is 964. The molecule has 3 aromatic rings. The number of amides is 1. The van der Waals surface area contributed by atoms with Gasteiger partial charge in [-0.1, -0.05) is 36.4 Å². The third-order valence-corrected chi connectivity index (χ3v) is 5.25. The van der Waals surface area contributed by atoms with Crippen molar-refractivity contribution in [2.45, 2.75) is 38.7 Å². The summed E-state index contributed by atoms with van der Waals surface area (Å²) in [7, 11) is 0. The number of ether oxygens (including phenoxy) is 2. The van der Waals surface area contributed by atoms with Gasteiger partial charge in [0.1, 0.15) is 5.75 Å². The Hall–Kier alpha value is -3.12. The molecular formula is C24H27N3O3. The lowest BCUT2D eigenvalue weighted by Crippen LogP contribution is -2.31. The Labute approximate surface area is 176 Å². The standard InChI is InChI=1S/C24H27N3O3/c1-18-22(14-15-23(28)25-17-21-13-8-16-29-21)24(30-20-11-6-3-7-12-20)27(26-18)19-9-4-2-5-10-19/h2-7,9-12,21H,8,13-17H2,1H3,(H,25,28). The van der Waals surface area contributed by atoms with Crippen LogP contribution in [0.5, 0.6) is 11.6 Å². The molecule has 30 heavy (non-hydrogen) atoms. The minimum absolute atomic E-state index is 0.0167. The summed E-state index contributed by atoms with van der Waals surface area (Å²) in [5.41, 5.74) is 2.72. The normalized spacial score (nSPS) is 15.8. The van der Waals surface area contributed by atoms with Crippen LogP contribution >= 0.6 is 0 Å². The predicted octanol–water partition coefficient (Wildman–Crippen LogP) is 4.20. The molecule has 156 valence electrons. The van der Waals surface area contributed by atoms with E-state index in [4.69, 9.17) is 14.6 Å². The van der Waals surface area contributed by atoms with Gasteiger partial charge in [-0.3, -0.25) is 4.79 Å². The molecule has 0 spiro atoms. The molecule has 6 nitrogen and oxygen atoms in total. The Morgan fingerprint density at radius 3 is 2.60 bits per heavy atom. The van der Waals surface area contributed by atoms with Crippen molar-refractivity contribution in [3.63, 3.8) is 0 Å². The monoisotopic (exact) mass is 405 g/mol. The van der Waals surface area contributed by atoms with E-state index in [0.717, 1.165) is 42.1 Å². The zero-order valence-electron chi connectivity index (χ0n) is 17.2. The topological polar surface area (TPSA) is 65.4 Å². The van der Waals surface area contributed by atoms with E-state index in [-0.39, 0.29) is 12.0 Å². The van der Waals surface area contributed by atoms with Gasteiger partial charge >= 0.3 is 0 Å². The average Bonchev–Trinajstić information content (AvgIpc) is 3.40. The van der Waals surface area contributed by atoms with Crippen molar-refractivity contribution in [2.75, 3.05) is 13.2 Å². The lowest BCUT2D eigenvalue weighted by molar-refractivity contribution is -0.121. The zero-order chi connectivity index (χ0) is 20.8. The molecule has 1 unspecified atom stereocenters. The van der Waals surface area contributed by atoms with Crippen molar-refractivity contribution in [3.05, 3.63) is 71.9 Å². The number of aryl methyl sites for hydroxylation is 1. The highest BCUT2D eigenvalue weighted by molar-refractivity contribution is 5.76. The van der Waals surface area contributed by atoms with Gasteiger partial charge < -0.3 is 14.8 Å². The molecule has 0 saturated carbocycles. The van der Waals surface area contributed by atoms with Gasteiger partial charge in [-0.05, 0) is 50.5 Å². The summed E-state index contributed by atoms with van der Waals surface area (Å²) in [6, 6.07) is 19.5. The van der Waals surface area contributed by atoms with Crippen LogP contribution in [0.2, 0.25) is 0 Å². The first-order valence-corrected chi connectivity index (χ1v) is 10.5. The predicted molar refractivity (Wildman–Crippen MR) is 115 cm³/mol. The molecule has 0 aliphatic carbocycles. The molecule has 1 atom stereocenters. The average molecular weight is 405 g/mol. The van der Waals surface area contributed by atoms with Crippen LogP contribution < -0.4 is 10.1 Å². The van der Waals surface area contributed by atoms with Crippen LogP contribution in [-0.4, -0.2) is 34.9 Å². The van der Waals surface area contributed by atoms with Crippen LogP contribution in [0.1, 0.15) is 30.5 Å². The maximum Gasteiger partial charge on any atom is 0.226 e. The molecule has 1 aliphatic rings. The van der Waals surface area contributed by atoms with Gasteiger partial charge in [0.15, 0.2) is 0 Å². The first kappa shape index (κ1) is 20.2. The summed E-state index contributed by atoms with van der Waals surface area (Å²) >= 11 is 0. The molecule has 2 heterocycles. The Balaban J connectivity index is 1.52. The highest BCUT2D eigenvalue weighted by Crippen LogP contribution is 2.31. The first-order valence-electron chi connectivity index (χ1n) is 10.5. The highest BCUT2D eigenvalue weighted by atomic mass is 16.5. The molecule has 6 heteroatoms. The van der Waals surface area contributed by atoms with Gasteiger partial charge in [0.25, 0.3) is 0 Å². The molecule has 0 bridgehead atoms. The van der Waals surface area contributed by atoms with Crippen molar-refractivity contribution in [1.29, 1.82) is 0 Å². The second kappa shape index (κ2) is 9.59. The van der Waals surface area contributed by atoms with E-state index in [9.17, 15) is 4.79 Å². The van der Waals surface area contributed by atoms with Gasteiger partial charge in [-0.2, -0.15) is 5.10 Å². The number of carbonyl (C=O) groups is 1. The van der Waals surface area contributed by atoms with Crippen LogP contribution in [0.15, 0.2) is 60.7 Å². The van der Waals surface area contributed by atoms with E-state index in [0.29, 0.717) is 25.3 Å². The molecule has 0 radical (unpaired) electrons. The van der Waals surface area contributed by atoms with Gasteiger partial charge in [0.05, 0.1) is 17.5 Å². The van der Waals surface area contributed by atoms with Gasteiger partial charge in [0.2, 0.25) is 11.8 Å². The van der Waals surface area contributed by atoms with Crippen molar-refractivity contribution in [1.82, 2.24) is 15.1 Å². The van der Waals surface area contributed by atoms with Crippen LogP contribution in [-0.2, 0) is 16.0 Å². The fourth-order valence-electron chi connectivity index (χ4n) is 3.64. The number of nitrogens with zero attached hydrogens (tertiary/aromatic N) is 2. The Morgan fingerprint density at radius 1 is 1.17 bits per heavy atom. The third-order valence-electron chi connectivity index (χ3n) is 5.25. The molecule has 1 N–H and O–H groups in total. The number of benzene rings is 2. The quantitative estimate of drug-likeness (QED) is 0.610. The lowest BCUT2D eigenvalue weighted by Gasteiger charge is -2.12. The smallest absolute Gasteiger partial charge is 0.226 e. The highest BCUT2D eigenvalue weighted by Gasteiger charge is 2.20. The van der Waals surface area contributed by atoms with Crippen LogP contribution in [0, 0.1) is 6.92 Å². The molecular weight excluding hydrogens is 378 g/mol. The maximum atomic E-state index is 12.4. The minimum Gasteiger partial charge on any atom is -0.439 e. The zero-order valence-corrected chi connectivity index (χ0v) is 17.2. The van der Waals surface area contributed by atoms with Crippen LogP contribution in [0.3, 0.4) is 0 Å². The van der Waals surface area contributed by atoms with E-state index in [1.807, 2.05) is 72.3 Å². The fraction of sp³-hybridized carbons (Fsp3) is 0.333. The summed E-state index contributed by atoms with van der Waals surface area (Å²) < 4.78 is 13.6. The lowest BCUT2D eigenvalue weighted by atomic mass is 10.1. The third kappa shape index (κ3) is 4.89. The molecule has 1 aromatic heterocycles. The maximum absolute atomic E-state index is 12.4. The van der Waals surface area contributed by atoms with Crippen LogP contribution in [0.25, 0.3) is 5.69 Å². The molecule has 4 rings (SSSR count). The van der Waals surface area contributed by atoms with Crippen molar-refractivity contribution in [3.8, 4) is 17.3 Å². The number of aromatic nitrogens is 2. The summed E-state index contributed by atoms with van der Waals surface area (Å²) in [5, 5.41) is 7.69. The number of para-hydroxylation sites is 2. The SMILES string of the molecule is Cc1nn(-c2ccccc2)c(Oc2ccccc2)c1CCC(=O)NCC1CCCO1. The van der Waals surface area contributed by atoms with Crippen molar-refractivity contribution < 1.29 is 14.3 Å². The first-order chi connectivity index (χ1) is 14.7. The summed E-state index contributed by atoms with van der Waals surface area (Å²) in [5.74, 6) is 1.40. The number of nitrogens with one attached hydrogen (secondary N) is 1. The van der Waals surface area contributed by atoms with Crippen molar-refractivity contribution >= 4 is 5.91 Å². The summed E-state index contributed by atoms with van der Waals surface area (Å²) in [6.07, 6.45) is 3.15. The molecule has 1 amide bonds. The molecule has 1 aliphatic heterocycles. The van der Waals surface area contributed by atoms with E-state index in [2.05, 4.69) is 5.32 Å². The summed E-state index contributed by atoms with van der Waals surface area (Å²) in [6.45, 7) is 3.32. The van der Waals surface area contributed by atoms with Gasteiger partial charge in [-0.25, -0.2) is 4.68 Å². The van der Waals surface area contributed by atoms with Crippen LogP contribution in [0.4, 0.5) is 0 Å². The summed E-state index contributed by atoms with van der Waals surface area (Å²) in [4.78, 5) is 12.4. The number of carbonyl (C=O) groups excluding carboxylic acids is 1. The fourth-order valence-corrected chi connectivity index (χ4v) is 3.64. The number of rotatable bonds is 8. The van der Waals surface area contributed by atoms with E-state index in [1.54, 1.807) is 0 Å². The molecule has 1 saturated heterocycles. The number of hydrogen-bond donors (Lipinski definition) is 1. The van der Waals surface area contributed by atoms with E-state index >= 15 is 0 Å². The number of hydrogen-bond acceptors (Lipinski definition) is 4.